The Kier molecular flexibility index (Phi) is 7.00. The Morgan fingerprint density at radius 2 is 1.82 bits per heavy atom. The van der Waals surface area contributed by atoms with Gasteiger partial charge < -0.3 is 14.8 Å². The molecule has 150 valence electrons. The van der Waals surface area contributed by atoms with E-state index in [0.29, 0.717) is 5.75 Å². The van der Waals surface area contributed by atoms with E-state index >= 15 is 0 Å². The van der Waals surface area contributed by atoms with Gasteiger partial charge in [-0.2, -0.15) is 0 Å². The molecule has 0 aliphatic heterocycles. The lowest BCUT2D eigenvalue weighted by atomic mass is 10.2. The van der Waals surface area contributed by atoms with E-state index in [1.807, 2.05) is 0 Å². The van der Waals surface area contributed by atoms with Crippen molar-refractivity contribution in [3.05, 3.63) is 58.6 Å². The summed E-state index contributed by atoms with van der Waals surface area (Å²) in [4.78, 5) is 23.9. The molecule has 0 fully saturated rings. The summed E-state index contributed by atoms with van der Waals surface area (Å²) in [6.07, 6.45) is -1.10. The normalized spacial score (nSPS) is 12.1. The molecule has 0 aromatic heterocycles. The summed E-state index contributed by atoms with van der Waals surface area (Å²) in [6.45, 7) is 1.64. The maximum Gasteiger partial charge on any atom is 0.338 e. The van der Waals surface area contributed by atoms with E-state index in [9.17, 15) is 18.0 Å². The predicted octanol–water partition coefficient (Wildman–Crippen LogP) is 1.86. The molecule has 28 heavy (non-hydrogen) atoms. The summed E-state index contributed by atoms with van der Waals surface area (Å²) in [6, 6.07) is 10.6. The Balaban J connectivity index is 1.98. The van der Waals surface area contributed by atoms with Crippen LogP contribution in [0.15, 0.2) is 47.4 Å². The van der Waals surface area contributed by atoms with Gasteiger partial charge in [0.2, 0.25) is 10.0 Å². The van der Waals surface area contributed by atoms with E-state index in [2.05, 4.69) is 5.32 Å². The number of esters is 1. The molecule has 0 unspecified atom stereocenters. The van der Waals surface area contributed by atoms with E-state index in [0.717, 1.165) is 11.6 Å². The van der Waals surface area contributed by atoms with Gasteiger partial charge in [0.05, 0.1) is 17.7 Å². The van der Waals surface area contributed by atoms with Crippen molar-refractivity contribution in [2.75, 3.05) is 7.11 Å². The third-order valence-corrected chi connectivity index (χ3v) is 5.14. The number of benzene rings is 2. The van der Waals surface area contributed by atoms with E-state index in [1.54, 1.807) is 31.4 Å². The number of hydrogen-bond donors (Lipinski definition) is 2. The van der Waals surface area contributed by atoms with Crippen LogP contribution in [0.3, 0.4) is 0 Å². The summed E-state index contributed by atoms with van der Waals surface area (Å²) in [5.41, 5.74) is 0.742. The van der Waals surface area contributed by atoms with Gasteiger partial charge in [0.15, 0.2) is 6.10 Å². The Hall–Kier alpha value is -2.62. The second-order valence-corrected chi connectivity index (χ2v) is 7.74. The number of halogens is 1. The summed E-state index contributed by atoms with van der Waals surface area (Å²) in [7, 11) is -2.55. The molecule has 0 radical (unpaired) electrons. The summed E-state index contributed by atoms with van der Waals surface area (Å²) < 4.78 is 33.1. The lowest BCUT2D eigenvalue weighted by Gasteiger charge is -2.14. The third kappa shape index (κ3) is 5.69. The van der Waals surface area contributed by atoms with Crippen molar-refractivity contribution >= 4 is 33.5 Å². The van der Waals surface area contributed by atoms with Gasteiger partial charge >= 0.3 is 5.97 Å². The van der Waals surface area contributed by atoms with Gasteiger partial charge in [-0.1, -0.05) is 23.7 Å². The number of methoxy groups -OCH3 is 1. The first-order valence-electron chi connectivity index (χ1n) is 8.06. The number of carbonyl (C=O) groups excluding carboxylic acids is 2. The van der Waals surface area contributed by atoms with Crippen molar-refractivity contribution in [3.8, 4) is 5.75 Å². The molecule has 0 aliphatic carbocycles. The number of rotatable bonds is 7. The van der Waals surface area contributed by atoms with Crippen LogP contribution in [0.1, 0.15) is 22.8 Å². The molecule has 2 aromatic rings. The second kappa shape index (κ2) is 9.05. The van der Waals surface area contributed by atoms with Crippen LogP contribution in [0, 0.1) is 0 Å². The largest absolute Gasteiger partial charge is 0.497 e. The number of ether oxygens (including phenoxy) is 2. The lowest BCUT2D eigenvalue weighted by Crippen LogP contribution is -2.35. The van der Waals surface area contributed by atoms with Crippen LogP contribution < -0.4 is 15.2 Å². The SMILES string of the molecule is COc1ccc(CNC(=O)[C@@H](C)OC(=O)c2ccc(Cl)c(S(N)(=O)=O)c2)cc1. The Morgan fingerprint density at radius 3 is 2.39 bits per heavy atom. The smallest absolute Gasteiger partial charge is 0.338 e. The first kappa shape index (κ1) is 21.7. The molecule has 10 heteroatoms. The fraction of sp³-hybridized carbons (Fsp3) is 0.222. The molecular formula is C18H19ClN2O6S. The lowest BCUT2D eigenvalue weighted by molar-refractivity contribution is -0.129. The average Bonchev–Trinajstić information content (AvgIpc) is 2.65. The van der Waals surface area contributed by atoms with Crippen LogP contribution in [0.4, 0.5) is 0 Å². The van der Waals surface area contributed by atoms with E-state index in [4.69, 9.17) is 26.2 Å². The predicted molar refractivity (Wildman–Crippen MR) is 103 cm³/mol. The third-order valence-electron chi connectivity index (χ3n) is 3.75. The zero-order chi connectivity index (χ0) is 20.9. The molecule has 0 saturated heterocycles. The number of nitrogens with one attached hydrogen (secondary N) is 1. The van der Waals surface area contributed by atoms with E-state index in [1.165, 1.54) is 19.1 Å². The topological polar surface area (TPSA) is 125 Å². The minimum absolute atomic E-state index is 0.0942. The van der Waals surface area contributed by atoms with Gasteiger partial charge in [0.25, 0.3) is 5.91 Å². The summed E-state index contributed by atoms with van der Waals surface area (Å²) in [5, 5.41) is 7.58. The number of hydrogen-bond acceptors (Lipinski definition) is 6. The molecule has 0 heterocycles. The standard InChI is InChI=1S/C18H19ClN2O6S/c1-11(17(22)21-10-12-3-6-14(26-2)7-4-12)27-18(23)13-5-8-15(19)16(9-13)28(20,24)25/h3-9,11H,10H2,1-2H3,(H,21,22)(H2,20,24,25)/t11-/m1/s1. The summed E-state index contributed by atoms with van der Waals surface area (Å²) >= 11 is 5.78. The van der Waals surface area contributed by atoms with E-state index in [-0.39, 0.29) is 17.1 Å². The quantitative estimate of drug-likeness (QED) is 0.651. The first-order chi connectivity index (χ1) is 13.1. The highest BCUT2D eigenvalue weighted by molar-refractivity contribution is 7.89. The van der Waals surface area contributed by atoms with Gasteiger partial charge in [-0.3, -0.25) is 4.79 Å². The monoisotopic (exact) mass is 426 g/mol. The molecule has 2 aromatic carbocycles. The summed E-state index contributed by atoms with van der Waals surface area (Å²) in [5.74, 6) is -0.697. The Labute approximate surface area is 167 Å². The van der Waals surface area contributed by atoms with Gasteiger partial charge in [0, 0.05) is 6.54 Å². The fourth-order valence-corrected chi connectivity index (χ4v) is 3.28. The van der Waals surface area contributed by atoms with Crippen molar-refractivity contribution in [1.82, 2.24) is 5.32 Å². The van der Waals surface area contributed by atoms with Gasteiger partial charge in [-0.05, 0) is 42.8 Å². The van der Waals surface area contributed by atoms with Crippen molar-refractivity contribution < 1.29 is 27.5 Å². The number of nitrogens with two attached hydrogens (primary N) is 1. The molecule has 1 amide bonds. The maximum absolute atomic E-state index is 12.2. The highest BCUT2D eigenvalue weighted by Crippen LogP contribution is 2.22. The zero-order valence-electron chi connectivity index (χ0n) is 15.1. The van der Waals surface area contributed by atoms with Gasteiger partial charge in [-0.25, -0.2) is 18.4 Å². The van der Waals surface area contributed by atoms with Crippen molar-refractivity contribution in [2.45, 2.75) is 24.5 Å². The Morgan fingerprint density at radius 1 is 1.18 bits per heavy atom. The minimum atomic E-state index is -4.11. The number of sulfonamides is 1. The minimum Gasteiger partial charge on any atom is -0.497 e. The zero-order valence-corrected chi connectivity index (χ0v) is 16.7. The Bertz CT molecular complexity index is 976. The number of carbonyl (C=O) groups is 2. The van der Waals surface area contributed by atoms with Crippen LogP contribution in [0.25, 0.3) is 0 Å². The van der Waals surface area contributed by atoms with E-state index < -0.39 is 32.9 Å². The fourth-order valence-electron chi connectivity index (χ4n) is 2.21. The van der Waals surface area contributed by atoms with Crippen molar-refractivity contribution in [3.63, 3.8) is 0 Å². The number of amides is 1. The number of primary sulfonamides is 1. The molecule has 2 rings (SSSR count). The molecule has 0 saturated carbocycles. The van der Waals surface area contributed by atoms with Crippen LogP contribution in [0.5, 0.6) is 5.75 Å². The second-order valence-electron chi connectivity index (χ2n) is 5.80. The van der Waals surface area contributed by atoms with Crippen LogP contribution in [-0.2, 0) is 26.1 Å². The van der Waals surface area contributed by atoms with Gasteiger partial charge in [-0.15, -0.1) is 0 Å². The van der Waals surface area contributed by atoms with Crippen LogP contribution >= 0.6 is 11.6 Å². The molecular weight excluding hydrogens is 408 g/mol. The molecule has 8 nitrogen and oxygen atoms in total. The average molecular weight is 427 g/mol. The van der Waals surface area contributed by atoms with Crippen LogP contribution in [-0.4, -0.2) is 33.5 Å². The molecule has 0 bridgehead atoms. The highest BCUT2D eigenvalue weighted by Gasteiger charge is 2.21. The first-order valence-corrected chi connectivity index (χ1v) is 9.98. The molecule has 3 N–H and O–H groups in total. The van der Waals surface area contributed by atoms with Gasteiger partial charge in [0.1, 0.15) is 10.6 Å². The maximum atomic E-state index is 12.2. The molecule has 0 aliphatic rings. The van der Waals surface area contributed by atoms with Crippen LogP contribution in [0.2, 0.25) is 5.02 Å². The molecule has 0 spiro atoms. The highest BCUT2D eigenvalue weighted by atomic mass is 35.5. The van der Waals surface area contributed by atoms with Crippen molar-refractivity contribution in [1.29, 1.82) is 0 Å². The van der Waals surface area contributed by atoms with Crippen molar-refractivity contribution in [2.24, 2.45) is 5.14 Å². The molecule has 1 atom stereocenters.